The number of rotatable bonds is 14. The molecule has 0 saturated carbocycles. The number of hydrogen-bond donors (Lipinski definition) is 4. The van der Waals surface area contributed by atoms with Crippen molar-refractivity contribution in [3.05, 3.63) is 106 Å². The number of pyridine rings is 1. The molecule has 16 nitrogen and oxygen atoms in total. The van der Waals surface area contributed by atoms with Crippen molar-refractivity contribution < 1.29 is 24.3 Å². The van der Waals surface area contributed by atoms with Crippen LogP contribution in [0.2, 0.25) is 0 Å². The van der Waals surface area contributed by atoms with Gasteiger partial charge in [-0.05, 0) is 92.6 Å². The summed E-state index contributed by atoms with van der Waals surface area (Å²) < 4.78 is 3.19. The van der Waals surface area contributed by atoms with Crippen molar-refractivity contribution >= 4 is 57.7 Å². The van der Waals surface area contributed by atoms with Crippen molar-refractivity contribution in [2.45, 2.75) is 70.1 Å². The second kappa shape index (κ2) is 15.3. The number of hydrogen-bond acceptors (Lipinski definition) is 12. The van der Waals surface area contributed by atoms with E-state index in [0.29, 0.717) is 53.6 Å². The average Bonchev–Trinajstić information content (AvgIpc) is 3.79. The molecule has 2 atom stereocenters. The van der Waals surface area contributed by atoms with Crippen LogP contribution in [0, 0.1) is 0 Å². The molecule has 5 aromatic rings. The third-order valence-corrected chi connectivity index (χ3v) is 11.2. The maximum absolute atomic E-state index is 13.5. The number of nitrogens with one attached hydrogen (secondary N) is 3. The van der Waals surface area contributed by atoms with E-state index in [0.717, 1.165) is 47.6 Å². The zero-order valence-corrected chi connectivity index (χ0v) is 32.3. The predicted molar refractivity (Wildman–Crippen MR) is 217 cm³/mol. The maximum atomic E-state index is 13.5. The number of benzene rings is 2. The molecule has 2 aromatic carbocycles. The molecule has 1 saturated heterocycles. The molecule has 298 valence electrons. The minimum atomic E-state index is -1.01. The van der Waals surface area contributed by atoms with Crippen LogP contribution >= 0.6 is 0 Å². The van der Waals surface area contributed by atoms with Gasteiger partial charge in [-0.25, -0.2) is 19.3 Å². The van der Waals surface area contributed by atoms with Crippen LogP contribution in [0.15, 0.2) is 78.2 Å². The lowest BCUT2D eigenvalue weighted by Crippen LogP contribution is -2.54. The van der Waals surface area contributed by atoms with Crippen LogP contribution in [0.4, 0.5) is 23.0 Å². The molecule has 4 N–H and O–H groups in total. The van der Waals surface area contributed by atoms with Gasteiger partial charge in [0.15, 0.2) is 11.5 Å². The smallest absolute Gasteiger partial charge is 0.278 e. The highest BCUT2D eigenvalue weighted by Crippen LogP contribution is 2.38. The van der Waals surface area contributed by atoms with Gasteiger partial charge in [0.1, 0.15) is 17.0 Å². The average molecular weight is 785 g/mol. The number of carbonyl (C=O) groups is 4. The topological polar surface area (TPSA) is 197 Å². The number of amides is 4. The van der Waals surface area contributed by atoms with E-state index in [4.69, 9.17) is 9.97 Å². The van der Waals surface area contributed by atoms with Crippen LogP contribution < -0.4 is 26.4 Å². The lowest BCUT2D eigenvalue weighted by Gasteiger charge is -2.27. The first-order valence-corrected chi connectivity index (χ1v) is 19.5. The van der Waals surface area contributed by atoms with Crippen molar-refractivity contribution in [2.75, 3.05) is 35.7 Å². The third-order valence-electron chi connectivity index (χ3n) is 11.2. The quantitative estimate of drug-likeness (QED) is 0.0714. The highest BCUT2D eigenvalue weighted by molar-refractivity contribution is 6.23. The van der Waals surface area contributed by atoms with Gasteiger partial charge in [-0.2, -0.15) is 4.98 Å². The van der Waals surface area contributed by atoms with Crippen LogP contribution in [0.25, 0.3) is 16.9 Å². The summed E-state index contributed by atoms with van der Waals surface area (Å²) >= 11 is 0. The van der Waals surface area contributed by atoms with E-state index < -0.39 is 35.3 Å². The number of piperidine rings is 1. The lowest BCUT2D eigenvalue weighted by molar-refractivity contribution is -0.136. The molecule has 5 heterocycles. The number of carbonyl (C=O) groups excluding carboxylic acids is 4. The lowest BCUT2D eigenvalue weighted by atomic mass is 9.98. The highest BCUT2D eigenvalue weighted by Gasteiger charge is 2.44. The van der Waals surface area contributed by atoms with Crippen molar-refractivity contribution in [2.24, 2.45) is 0 Å². The van der Waals surface area contributed by atoms with Gasteiger partial charge in [0.05, 0.1) is 23.4 Å². The monoisotopic (exact) mass is 784 g/mol. The number of unbranched alkanes of at least 4 members (excludes halogenated alkanes) is 1. The Hall–Kier alpha value is -6.68. The van der Waals surface area contributed by atoms with E-state index in [9.17, 15) is 29.1 Å². The predicted octanol–water partition coefficient (Wildman–Crippen LogP) is 4.18. The number of nitrogens with zero attached hydrogens (tertiary/aromatic N) is 7. The number of aliphatic hydroxyl groups is 1. The summed E-state index contributed by atoms with van der Waals surface area (Å²) in [5, 5.41) is 20.4. The van der Waals surface area contributed by atoms with Crippen LogP contribution in [0.3, 0.4) is 0 Å². The zero-order valence-electron chi connectivity index (χ0n) is 32.3. The Labute approximate surface area is 333 Å². The van der Waals surface area contributed by atoms with Gasteiger partial charge < -0.3 is 20.6 Å². The number of anilines is 4. The van der Waals surface area contributed by atoms with E-state index in [2.05, 4.69) is 32.4 Å². The fourth-order valence-corrected chi connectivity index (χ4v) is 7.96. The molecule has 16 heteroatoms. The summed E-state index contributed by atoms with van der Waals surface area (Å²) in [6.07, 6.45) is 6.95. The Bertz CT molecular complexity index is 2550. The van der Waals surface area contributed by atoms with Crippen molar-refractivity contribution in [3.63, 3.8) is 0 Å². The Morgan fingerprint density at radius 2 is 1.76 bits per heavy atom. The van der Waals surface area contributed by atoms with Crippen LogP contribution in [0.1, 0.15) is 77.4 Å². The normalized spacial score (nSPS) is 18.7. The third kappa shape index (κ3) is 6.89. The van der Waals surface area contributed by atoms with Crippen LogP contribution in [0.5, 0.6) is 0 Å². The van der Waals surface area contributed by atoms with Crippen LogP contribution in [-0.4, -0.2) is 84.1 Å². The number of aryl methyl sites for hydroxylation is 1. The van der Waals surface area contributed by atoms with E-state index in [1.807, 2.05) is 50.4 Å². The molecular formula is C42H44N10O6. The summed E-state index contributed by atoms with van der Waals surface area (Å²) in [5.41, 5.74) is 3.71. The van der Waals surface area contributed by atoms with Gasteiger partial charge in [-0.3, -0.25) is 34.2 Å². The Balaban J connectivity index is 0.875. The minimum Gasteiger partial charge on any atom is -0.385 e. The summed E-state index contributed by atoms with van der Waals surface area (Å²) in [4.78, 5) is 80.7. The molecule has 0 bridgehead atoms. The first-order chi connectivity index (χ1) is 28.0. The Morgan fingerprint density at radius 1 is 0.983 bits per heavy atom. The Morgan fingerprint density at radius 3 is 2.52 bits per heavy atom. The minimum absolute atomic E-state index is 0.0722. The van der Waals surface area contributed by atoms with Crippen LogP contribution in [-0.2, 0) is 28.2 Å². The number of allylic oxidation sites excluding steroid dienone is 1. The number of aromatic nitrogens is 5. The van der Waals surface area contributed by atoms with Gasteiger partial charge in [0, 0.05) is 49.8 Å². The molecular weight excluding hydrogens is 741 g/mol. The van der Waals surface area contributed by atoms with Crippen molar-refractivity contribution in [1.82, 2.24) is 34.5 Å². The van der Waals surface area contributed by atoms with Gasteiger partial charge in [0.2, 0.25) is 17.8 Å². The van der Waals surface area contributed by atoms with Gasteiger partial charge in [-0.1, -0.05) is 19.1 Å². The van der Waals surface area contributed by atoms with Gasteiger partial charge in [-0.15, -0.1) is 6.58 Å². The summed E-state index contributed by atoms with van der Waals surface area (Å²) in [5.74, 6) is -1.32. The van der Waals surface area contributed by atoms with E-state index in [1.165, 1.54) is 10.9 Å². The fraction of sp³-hybridized carbons (Fsp3) is 0.333. The highest BCUT2D eigenvalue weighted by atomic mass is 16.3. The Kier molecular flexibility index (Phi) is 10.1. The number of fused-ring (bicyclic) bond motifs is 3. The first kappa shape index (κ1) is 38.2. The standard InChI is InChI=1S/C42H44N10O6/c1-4-21-50-38(55)31-24-44-41(48-36(31)52(50)33-16-8-25-18-19-42(58,5-2)35(25)46-33)45-26-9-12-28(13-10-26)49(3)22-7-6-20-43-27-11-14-29-30(23-27)40(57)51(39(29)56)32-15-17-34(53)47-37(32)54/h4,8-14,16,23-24,32,43,58H,1,5-7,15,17-22H2,2-3H3,(H,44,45,48)(H,47,53,54)/t32?,42-/m1/s1. The molecule has 0 radical (unpaired) electrons. The molecule has 1 aliphatic carbocycles. The summed E-state index contributed by atoms with van der Waals surface area (Å²) in [6.45, 7) is 7.44. The SMILES string of the molecule is C=CCn1c(=O)c2cnc(Nc3ccc(N(C)CCCCNc4ccc5c(c4)C(=O)N(C4CCC(=O)NC4=O)C5=O)cc3)nc2n1-c1ccc2c(n1)[C@@](O)(CC)CC2. The molecule has 3 aromatic heterocycles. The molecule has 4 amide bonds. The summed E-state index contributed by atoms with van der Waals surface area (Å²) in [7, 11) is 2.02. The van der Waals surface area contributed by atoms with Gasteiger partial charge in [0.25, 0.3) is 17.4 Å². The first-order valence-electron chi connectivity index (χ1n) is 19.5. The summed E-state index contributed by atoms with van der Waals surface area (Å²) in [6, 6.07) is 15.7. The molecule has 1 unspecified atom stereocenters. The van der Waals surface area contributed by atoms with Crippen molar-refractivity contribution in [1.29, 1.82) is 0 Å². The molecule has 8 rings (SSSR count). The second-order valence-corrected chi connectivity index (χ2v) is 14.9. The van der Waals surface area contributed by atoms with Gasteiger partial charge >= 0.3 is 0 Å². The van der Waals surface area contributed by atoms with E-state index >= 15 is 0 Å². The molecule has 58 heavy (non-hydrogen) atoms. The largest absolute Gasteiger partial charge is 0.385 e. The number of imide groups is 2. The van der Waals surface area contributed by atoms with E-state index in [-0.39, 0.29) is 36.1 Å². The molecule has 2 aliphatic heterocycles. The molecule has 3 aliphatic rings. The second-order valence-electron chi connectivity index (χ2n) is 14.9. The zero-order chi connectivity index (χ0) is 40.7. The molecule has 1 fully saturated rings. The fourth-order valence-electron chi connectivity index (χ4n) is 7.96. The van der Waals surface area contributed by atoms with Crippen molar-refractivity contribution in [3.8, 4) is 5.82 Å². The van der Waals surface area contributed by atoms with E-state index in [1.54, 1.807) is 29.0 Å². The maximum Gasteiger partial charge on any atom is 0.278 e. The molecule has 0 spiro atoms.